The van der Waals surface area contributed by atoms with Gasteiger partial charge in [0.1, 0.15) is 6.61 Å². The Balaban J connectivity index is 1.57. The summed E-state index contributed by atoms with van der Waals surface area (Å²) in [5.41, 5.74) is 1.04. The number of ether oxygens (including phenoxy) is 1. The van der Waals surface area contributed by atoms with Crippen molar-refractivity contribution in [2.24, 2.45) is 0 Å². The van der Waals surface area contributed by atoms with Crippen molar-refractivity contribution in [3.05, 3.63) is 35.9 Å². The van der Waals surface area contributed by atoms with Gasteiger partial charge in [-0.2, -0.15) is 9.24 Å². The van der Waals surface area contributed by atoms with Crippen LogP contribution in [0, 0.1) is 0 Å². The largest absolute Gasteiger partial charge is 0.461 e. The van der Waals surface area contributed by atoms with Crippen LogP contribution in [-0.2, 0) is 16.1 Å². The third kappa shape index (κ3) is 6.31. The van der Waals surface area contributed by atoms with Crippen LogP contribution in [0.4, 0.5) is 0 Å². The highest BCUT2D eigenvalue weighted by Gasteiger charge is 2.23. The first kappa shape index (κ1) is 16.7. The highest BCUT2D eigenvalue weighted by molar-refractivity contribution is 8.51. The molecule has 0 amide bonds. The number of unbranched alkanes of at least 4 members (excludes halogenated alkanes) is 1. The summed E-state index contributed by atoms with van der Waals surface area (Å²) >= 11 is 0. The lowest BCUT2D eigenvalue weighted by atomic mass is 10.2. The number of esters is 1. The van der Waals surface area contributed by atoms with Gasteiger partial charge in [0, 0.05) is 6.42 Å². The lowest BCUT2D eigenvalue weighted by molar-refractivity contribution is -0.145. The van der Waals surface area contributed by atoms with Crippen molar-refractivity contribution in [2.75, 3.05) is 17.3 Å². The van der Waals surface area contributed by atoms with Crippen molar-refractivity contribution in [1.82, 2.24) is 0 Å². The summed E-state index contributed by atoms with van der Waals surface area (Å²) in [6, 6.07) is 9.81. The van der Waals surface area contributed by atoms with E-state index in [2.05, 4.69) is 0 Å². The molecule has 0 spiro atoms. The van der Waals surface area contributed by atoms with Crippen LogP contribution in [0.2, 0.25) is 0 Å². The van der Waals surface area contributed by atoms with E-state index in [0.29, 0.717) is 13.0 Å². The molecule has 1 aliphatic rings. The van der Waals surface area contributed by atoms with Crippen LogP contribution in [0.3, 0.4) is 0 Å². The number of rotatable bonds is 7. The summed E-state index contributed by atoms with van der Waals surface area (Å²) < 4.78 is 5.28. The van der Waals surface area contributed by atoms with Crippen molar-refractivity contribution >= 4 is 25.9 Å². The summed E-state index contributed by atoms with van der Waals surface area (Å²) in [4.78, 5) is 11.7. The molecular formula is C17H25ClO2S. The second-order valence-electron chi connectivity index (χ2n) is 5.72. The van der Waals surface area contributed by atoms with E-state index in [1.807, 2.05) is 30.3 Å². The quantitative estimate of drug-likeness (QED) is 0.517. The van der Waals surface area contributed by atoms with Crippen LogP contribution in [0.1, 0.15) is 44.1 Å². The molecule has 1 aliphatic heterocycles. The summed E-state index contributed by atoms with van der Waals surface area (Å²) in [6.45, 7) is 0.379. The maximum absolute atomic E-state index is 11.7. The molecular weight excluding hydrogens is 304 g/mol. The monoisotopic (exact) mass is 328 g/mol. The highest BCUT2D eigenvalue weighted by Crippen LogP contribution is 2.57. The lowest BCUT2D eigenvalue weighted by Gasteiger charge is -2.36. The molecule has 118 valence electrons. The van der Waals surface area contributed by atoms with E-state index in [4.69, 9.17) is 15.4 Å². The number of benzene rings is 1. The Morgan fingerprint density at radius 3 is 2.52 bits per heavy atom. The molecule has 1 aromatic rings. The first-order valence-electron chi connectivity index (χ1n) is 7.84. The van der Waals surface area contributed by atoms with Gasteiger partial charge in [0.05, 0.1) is 0 Å². The van der Waals surface area contributed by atoms with Gasteiger partial charge in [-0.15, -0.1) is 0 Å². The fourth-order valence-electron chi connectivity index (χ4n) is 2.64. The molecule has 1 fully saturated rings. The molecule has 0 N–H and O–H groups in total. The fraction of sp³-hybridized carbons (Fsp3) is 0.588. The Morgan fingerprint density at radius 1 is 1.10 bits per heavy atom. The van der Waals surface area contributed by atoms with Gasteiger partial charge in [-0.3, -0.25) is 4.79 Å². The fourth-order valence-corrected chi connectivity index (χ4v) is 6.40. The van der Waals surface area contributed by atoms with Gasteiger partial charge in [-0.25, -0.2) is 0 Å². The van der Waals surface area contributed by atoms with Crippen LogP contribution in [-0.4, -0.2) is 23.2 Å². The maximum Gasteiger partial charge on any atom is 0.306 e. The summed E-state index contributed by atoms with van der Waals surface area (Å²) in [5.74, 6) is 3.45. The van der Waals surface area contributed by atoms with Gasteiger partial charge in [0.25, 0.3) is 0 Å². The molecule has 2 rings (SSSR count). The minimum absolute atomic E-state index is 0.0962. The molecule has 0 saturated carbocycles. The van der Waals surface area contributed by atoms with Crippen LogP contribution >= 0.6 is 19.9 Å². The Bertz CT molecular complexity index is 430. The van der Waals surface area contributed by atoms with Crippen LogP contribution in [0.25, 0.3) is 0 Å². The van der Waals surface area contributed by atoms with Crippen molar-refractivity contribution in [2.45, 2.75) is 45.1 Å². The van der Waals surface area contributed by atoms with E-state index < -0.39 is 9.24 Å². The maximum atomic E-state index is 11.7. The standard InChI is InChI=1S/C17H25ClO2S/c18-21(12-6-2-7-13-21)14-8-5-11-17(19)20-15-16-9-3-1-4-10-16/h1,3-4,9-10H,2,5-8,11-15H2. The second kappa shape index (κ2) is 8.70. The minimum atomic E-state index is -0.873. The van der Waals surface area contributed by atoms with E-state index in [1.54, 1.807) is 0 Å². The average molecular weight is 329 g/mol. The molecule has 0 unspecified atom stereocenters. The molecule has 1 aromatic carbocycles. The van der Waals surface area contributed by atoms with Crippen molar-refractivity contribution in [1.29, 1.82) is 0 Å². The van der Waals surface area contributed by atoms with Crippen molar-refractivity contribution in [3.63, 3.8) is 0 Å². The molecule has 4 heteroatoms. The molecule has 0 aromatic heterocycles. The smallest absolute Gasteiger partial charge is 0.306 e. The second-order valence-corrected chi connectivity index (χ2v) is 10.8. The third-order valence-corrected chi connectivity index (χ3v) is 8.35. The summed E-state index contributed by atoms with van der Waals surface area (Å²) in [5, 5.41) is 0. The lowest BCUT2D eigenvalue weighted by Crippen LogP contribution is -2.13. The zero-order chi connectivity index (χ0) is 15.0. The van der Waals surface area contributed by atoms with Crippen LogP contribution < -0.4 is 0 Å². The molecule has 0 radical (unpaired) electrons. The number of carbonyl (C=O) groups is 1. The number of halogens is 1. The normalized spacial score (nSPS) is 18.9. The molecule has 21 heavy (non-hydrogen) atoms. The summed E-state index contributed by atoms with van der Waals surface area (Å²) in [7, 11) is 5.83. The zero-order valence-electron chi connectivity index (χ0n) is 12.6. The number of hydrogen-bond donors (Lipinski definition) is 0. The predicted octanol–water partition coefficient (Wildman–Crippen LogP) is 5.04. The van der Waals surface area contributed by atoms with Crippen LogP contribution in [0.5, 0.6) is 0 Å². The van der Waals surface area contributed by atoms with Gasteiger partial charge < -0.3 is 4.74 Å². The molecule has 0 aliphatic carbocycles. The zero-order valence-corrected chi connectivity index (χ0v) is 14.1. The van der Waals surface area contributed by atoms with Gasteiger partial charge in [0.15, 0.2) is 0 Å². The Kier molecular flexibility index (Phi) is 6.91. The van der Waals surface area contributed by atoms with Crippen molar-refractivity contribution in [3.8, 4) is 0 Å². The van der Waals surface area contributed by atoms with E-state index in [-0.39, 0.29) is 5.97 Å². The van der Waals surface area contributed by atoms with Crippen LogP contribution in [0.15, 0.2) is 30.3 Å². The Hall–Kier alpha value is -0.670. The first-order valence-corrected chi connectivity index (χ1v) is 10.8. The topological polar surface area (TPSA) is 26.3 Å². The average Bonchev–Trinajstić information content (AvgIpc) is 2.51. The van der Waals surface area contributed by atoms with Crippen molar-refractivity contribution < 1.29 is 9.53 Å². The van der Waals surface area contributed by atoms with Gasteiger partial charge in [-0.1, -0.05) is 47.4 Å². The van der Waals surface area contributed by atoms with E-state index in [9.17, 15) is 4.79 Å². The molecule has 2 nitrogen and oxygen atoms in total. The van der Waals surface area contributed by atoms with E-state index in [0.717, 1.165) is 24.2 Å². The van der Waals surface area contributed by atoms with Gasteiger partial charge >= 0.3 is 5.97 Å². The van der Waals surface area contributed by atoms with Gasteiger partial charge in [-0.05, 0) is 48.5 Å². The SMILES string of the molecule is O=C(CCCCS1(Cl)CCCCC1)OCc1ccccc1. The molecule has 0 atom stereocenters. The third-order valence-electron chi connectivity index (χ3n) is 3.90. The Labute approximate surface area is 134 Å². The molecule has 1 heterocycles. The van der Waals surface area contributed by atoms with Gasteiger partial charge in [0.2, 0.25) is 0 Å². The summed E-state index contributed by atoms with van der Waals surface area (Å²) in [6.07, 6.45) is 6.39. The molecule has 0 bridgehead atoms. The number of hydrogen-bond acceptors (Lipinski definition) is 2. The van der Waals surface area contributed by atoms with E-state index in [1.165, 1.54) is 30.8 Å². The number of carbonyl (C=O) groups excluding carboxylic acids is 1. The first-order chi connectivity index (χ1) is 10.2. The Morgan fingerprint density at radius 2 is 1.81 bits per heavy atom. The van der Waals surface area contributed by atoms with E-state index >= 15 is 0 Å². The predicted molar refractivity (Wildman–Crippen MR) is 92.0 cm³/mol. The highest BCUT2D eigenvalue weighted by atomic mass is 35.7. The molecule has 1 saturated heterocycles. The minimum Gasteiger partial charge on any atom is -0.461 e.